The number of aryl methyl sites for hydroxylation is 1. The molecule has 0 saturated carbocycles. The minimum Gasteiger partial charge on any atom is -0.507 e. The summed E-state index contributed by atoms with van der Waals surface area (Å²) >= 11 is 12.9. The average molecular weight is 498 g/mol. The average Bonchev–Trinajstić information content (AvgIpc) is 3.45. The zero-order chi connectivity index (χ0) is 24.0. The zero-order valence-electron chi connectivity index (χ0n) is 19.0. The van der Waals surface area contributed by atoms with Crippen LogP contribution < -0.4 is 0 Å². The van der Waals surface area contributed by atoms with E-state index in [4.69, 9.17) is 32.4 Å². The van der Waals surface area contributed by atoms with Gasteiger partial charge in [-0.25, -0.2) is 4.79 Å². The van der Waals surface area contributed by atoms with Gasteiger partial charge in [0, 0.05) is 31.8 Å². The first kappa shape index (κ1) is 23.0. The van der Waals surface area contributed by atoms with Crippen LogP contribution >= 0.6 is 23.2 Å². The van der Waals surface area contributed by atoms with Crippen LogP contribution in [0.5, 0.6) is 5.75 Å². The number of carbonyl (C=O) groups is 1. The lowest BCUT2D eigenvalue weighted by Crippen LogP contribution is -2.27. The van der Waals surface area contributed by atoms with Gasteiger partial charge in [-0.3, -0.25) is 4.90 Å². The third-order valence-corrected chi connectivity index (χ3v) is 7.11. The molecule has 176 valence electrons. The Morgan fingerprint density at radius 1 is 1.15 bits per heavy atom. The Hall–Kier alpha value is -2.73. The largest absolute Gasteiger partial charge is 0.507 e. The Morgan fingerprint density at radius 3 is 2.53 bits per heavy atom. The van der Waals surface area contributed by atoms with Crippen LogP contribution in [0, 0.1) is 6.92 Å². The third-order valence-electron chi connectivity index (χ3n) is 6.55. The highest BCUT2D eigenvalue weighted by molar-refractivity contribution is 6.35. The number of rotatable bonds is 5. The molecule has 1 saturated heterocycles. The lowest BCUT2D eigenvalue weighted by molar-refractivity contribution is 0.0526. The van der Waals surface area contributed by atoms with Crippen molar-refractivity contribution in [2.24, 2.45) is 0 Å². The van der Waals surface area contributed by atoms with Crippen molar-refractivity contribution in [2.45, 2.75) is 32.7 Å². The summed E-state index contributed by atoms with van der Waals surface area (Å²) in [7, 11) is 0. The van der Waals surface area contributed by atoms with Gasteiger partial charge in [-0.15, -0.1) is 0 Å². The van der Waals surface area contributed by atoms with Gasteiger partial charge < -0.3 is 14.3 Å². The number of aromatic hydroxyl groups is 1. The summed E-state index contributed by atoms with van der Waals surface area (Å²) in [6, 6.07) is 12.5. The van der Waals surface area contributed by atoms with Crippen LogP contribution in [0.4, 0.5) is 0 Å². The molecule has 2 heterocycles. The number of likely N-dealkylation sites (tertiary alicyclic amines) is 1. The normalized spacial score (nSPS) is 15.3. The van der Waals surface area contributed by atoms with E-state index in [1.807, 2.05) is 30.3 Å². The number of esters is 1. The first-order valence-electron chi connectivity index (χ1n) is 11.4. The van der Waals surface area contributed by atoms with Gasteiger partial charge in [-0.1, -0.05) is 53.5 Å². The van der Waals surface area contributed by atoms with Crippen LogP contribution in [0.15, 0.2) is 46.9 Å². The quantitative estimate of drug-likeness (QED) is 0.293. The number of hydrogen-bond donors (Lipinski definition) is 1. The van der Waals surface area contributed by atoms with Gasteiger partial charge in [-0.05, 0) is 57.5 Å². The van der Waals surface area contributed by atoms with Crippen molar-refractivity contribution in [3.05, 3.63) is 75.0 Å². The second-order valence-electron chi connectivity index (χ2n) is 8.58. The molecule has 0 amide bonds. The van der Waals surface area contributed by atoms with Gasteiger partial charge in [0.15, 0.2) is 0 Å². The number of carbonyl (C=O) groups excluding carboxylic acids is 1. The molecule has 7 heteroatoms. The van der Waals surface area contributed by atoms with Gasteiger partial charge in [0.25, 0.3) is 0 Å². The Bertz CT molecular complexity index is 1410. The van der Waals surface area contributed by atoms with Crippen molar-refractivity contribution in [2.75, 3.05) is 19.7 Å². The molecule has 5 rings (SSSR count). The predicted octanol–water partition coefficient (Wildman–Crippen LogP) is 7.27. The molecular weight excluding hydrogens is 473 g/mol. The van der Waals surface area contributed by atoms with E-state index in [9.17, 15) is 9.90 Å². The van der Waals surface area contributed by atoms with Crippen molar-refractivity contribution < 1.29 is 19.1 Å². The Balaban J connectivity index is 1.92. The maximum atomic E-state index is 13.1. The van der Waals surface area contributed by atoms with Crippen molar-refractivity contribution in [3.63, 3.8) is 0 Å². The monoisotopic (exact) mass is 497 g/mol. The first-order chi connectivity index (χ1) is 16.4. The number of phenols is 1. The molecule has 1 unspecified atom stereocenters. The summed E-state index contributed by atoms with van der Waals surface area (Å²) in [4.78, 5) is 15.4. The summed E-state index contributed by atoms with van der Waals surface area (Å²) < 4.78 is 11.6. The molecule has 1 atom stereocenters. The molecule has 5 nitrogen and oxygen atoms in total. The molecule has 0 radical (unpaired) electrons. The van der Waals surface area contributed by atoms with Gasteiger partial charge in [0.05, 0.1) is 12.6 Å². The van der Waals surface area contributed by atoms with E-state index in [1.54, 1.807) is 26.0 Å². The molecule has 0 spiro atoms. The first-order valence-corrected chi connectivity index (χ1v) is 12.2. The number of benzene rings is 3. The Kier molecular flexibility index (Phi) is 6.19. The second-order valence-corrected chi connectivity index (χ2v) is 9.42. The fourth-order valence-electron chi connectivity index (χ4n) is 5.12. The molecule has 0 bridgehead atoms. The molecule has 1 aromatic heterocycles. The number of phenolic OH excluding ortho intramolecular Hbond substituents is 1. The SMILES string of the molecule is CCOC(=O)c1c(C)oc2c1c(C(c1ccc(Cl)cc1Cl)N1CCCC1)c(O)c1ccccc12. The van der Waals surface area contributed by atoms with Crippen LogP contribution in [-0.4, -0.2) is 35.7 Å². The molecule has 1 aliphatic heterocycles. The molecule has 1 aliphatic rings. The number of ether oxygens (including phenoxy) is 1. The molecular formula is C27H25Cl2NO4. The topological polar surface area (TPSA) is 62.9 Å². The van der Waals surface area contributed by atoms with Crippen LogP contribution in [0.3, 0.4) is 0 Å². The van der Waals surface area contributed by atoms with Crippen molar-refractivity contribution in [1.29, 1.82) is 0 Å². The van der Waals surface area contributed by atoms with E-state index >= 15 is 0 Å². The standard InChI is InChI=1S/C27H25Cl2NO4/c1-3-33-27(32)21-15(2)34-26-18-9-5-4-8-17(18)25(31)23(22(21)26)24(30-12-6-7-13-30)19-11-10-16(28)14-20(19)29/h4-5,8-11,14,24,31H,3,6-7,12-13H2,1-2H3. The Morgan fingerprint density at radius 2 is 1.85 bits per heavy atom. The third kappa shape index (κ3) is 3.72. The van der Waals surface area contributed by atoms with Crippen molar-refractivity contribution >= 4 is 50.9 Å². The smallest absolute Gasteiger partial charge is 0.342 e. The Labute approximate surface area is 207 Å². The van der Waals surface area contributed by atoms with Crippen LogP contribution in [-0.2, 0) is 4.74 Å². The number of halogens is 2. The van der Waals surface area contributed by atoms with Gasteiger partial charge in [0.1, 0.15) is 22.7 Å². The van der Waals surface area contributed by atoms with E-state index in [-0.39, 0.29) is 12.4 Å². The fourth-order valence-corrected chi connectivity index (χ4v) is 5.63. The summed E-state index contributed by atoms with van der Waals surface area (Å²) in [6.45, 7) is 5.43. The number of nitrogens with zero attached hydrogens (tertiary/aromatic N) is 1. The maximum Gasteiger partial charge on any atom is 0.342 e. The zero-order valence-corrected chi connectivity index (χ0v) is 20.5. The van der Waals surface area contributed by atoms with E-state index in [2.05, 4.69) is 4.90 Å². The highest BCUT2D eigenvalue weighted by atomic mass is 35.5. The van der Waals surface area contributed by atoms with Crippen LogP contribution in [0.1, 0.15) is 53.1 Å². The van der Waals surface area contributed by atoms with Gasteiger partial charge in [-0.2, -0.15) is 0 Å². The molecule has 0 aliphatic carbocycles. The highest BCUT2D eigenvalue weighted by Crippen LogP contribution is 2.49. The number of hydrogen-bond acceptors (Lipinski definition) is 5. The minimum absolute atomic E-state index is 0.109. The molecule has 34 heavy (non-hydrogen) atoms. The molecule has 4 aromatic rings. The summed E-state index contributed by atoms with van der Waals surface area (Å²) in [6.07, 6.45) is 2.07. The fraction of sp³-hybridized carbons (Fsp3) is 0.296. The van der Waals surface area contributed by atoms with Gasteiger partial charge in [0.2, 0.25) is 0 Å². The summed E-state index contributed by atoms with van der Waals surface area (Å²) in [5.41, 5.74) is 2.30. The van der Waals surface area contributed by atoms with E-state index in [0.29, 0.717) is 43.3 Å². The number of furan rings is 1. The minimum atomic E-state index is -0.475. The highest BCUT2D eigenvalue weighted by Gasteiger charge is 2.35. The van der Waals surface area contributed by atoms with Crippen molar-refractivity contribution in [3.8, 4) is 5.75 Å². The van der Waals surface area contributed by atoms with Crippen LogP contribution in [0.25, 0.3) is 21.7 Å². The number of fused-ring (bicyclic) bond motifs is 3. The lowest BCUT2D eigenvalue weighted by atomic mass is 9.89. The summed E-state index contributed by atoms with van der Waals surface area (Å²) in [5, 5.41) is 14.7. The van der Waals surface area contributed by atoms with Gasteiger partial charge >= 0.3 is 5.97 Å². The summed E-state index contributed by atoms with van der Waals surface area (Å²) in [5.74, 6) is 0.0854. The second kappa shape index (κ2) is 9.14. The molecule has 1 N–H and O–H groups in total. The predicted molar refractivity (Wildman–Crippen MR) is 135 cm³/mol. The lowest BCUT2D eigenvalue weighted by Gasteiger charge is -2.31. The molecule has 3 aromatic carbocycles. The maximum absolute atomic E-state index is 13.1. The van der Waals surface area contributed by atoms with Crippen LogP contribution in [0.2, 0.25) is 10.0 Å². The van der Waals surface area contributed by atoms with Crippen molar-refractivity contribution in [1.82, 2.24) is 4.90 Å². The van der Waals surface area contributed by atoms with E-state index in [0.717, 1.165) is 36.9 Å². The molecule has 1 fully saturated rings. The van der Waals surface area contributed by atoms with E-state index < -0.39 is 12.0 Å². The van der Waals surface area contributed by atoms with E-state index in [1.165, 1.54) is 0 Å².